The molecule has 1 fully saturated rings. The highest BCUT2D eigenvalue weighted by molar-refractivity contribution is 7.88. The fourth-order valence-corrected chi connectivity index (χ4v) is 3.13. The maximum absolute atomic E-state index is 11.5. The topological polar surface area (TPSA) is 53.5 Å². The highest BCUT2D eigenvalue weighted by atomic mass is 32.2. The van der Waals surface area contributed by atoms with Gasteiger partial charge in [-0.1, -0.05) is 20.8 Å². The van der Waals surface area contributed by atoms with Gasteiger partial charge in [-0.25, -0.2) is 8.42 Å². The van der Waals surface area contributed by atoms with Crippen LogP contribution in [0, 0.1) is 0 Å². The van der Waals surface area contributed by atoms with Gasteiger partial charge in [-0.2, -0.15) is 4.31 Å². The van der Waals surface area contributed by atoms with Gasteiger partial charge in [0.25, 0.3) is 0 Å². The van der Waals surface area contributed by atoms with Crippen LogP contribution < -0.4 is 4.90 Å². The van der Waals surface area contributed by atoms with Gasteiger partial charge >= 0.3 is 0 Å². The zero-order valence-electron chi connectivity index (χ0n) is 12.6. The Kier molecular flexibility index (Phi) is 4.07. The molecule has 0 saturated carbocycles. The predicted octanol–water partition coefficient (Wildman–Crippen LogP) is 1.46. The summed E-state index contributed by atoms with van der Waals surface area (Å²) in [4.78, 5) is 6.65. The molecule has 2 rings (SSSR count). The molecule has 2 heterocycles. The number of anilines is 1. The van der Waals surface area contributed by atoms with Gasteiger partial charge < -0.3 is 4.90 Å². The van der Waals surface area contributed by atoms with Crippen LogP contribution >= 0.6 is 0 Å². The second-order valence-electron chi connectivity index (χ2n) is 6.30. The van der Waals surface area contributed by atoms with E-state index in [0.717, 1.165) is 24.5 Å². The van der Waals surface area contributed by atoms with E-state index in [1.807, 2.05) is 12.3 Å². The molecule has 0 bridgehead atoms. The van der Waals surface area contributed by atoms with E-state index in [1.165, 1.54) is 10.6 Å². The van der Waals surface area contributed by atoms with Crippen LogP contribution in [0.4, 0.5) is 5.69 Å². The van der Waals surface area contributed by atoms with Crippen LogP contribution in [0.3, 0.4) is 0 Å². The Balaban J connectivity index is 2.12. The molecular weight excluding hydrogens is 274 g/mol. The number of hydrogen-bond donors (Lipinski definition) is 0. The second-order valence-corrected chi connectivity index (χ2v) is 8.28. The van der Waals surface area contributed by atoms with Crippen molar-refractivity contribution >= 4 is 15.7 Å². The first-order chi connectivity index (χ1) is 9.18. The molecule has 0 unspecified atom stereocenters. The quantitative estimate of drug-likeness (QED) is 0.829. The zero-order valence-corrected chi connectivity index (χ0v) is 13.4. The molecule has 0 spiro atoms. The van der Waals surface area contributed by atoms with E-state index in [-0.39, 0.29) is 5.41 Å². The number of piperazine rings is 1. The summed E-state index contributed by atoms with van der Waals surface area (Å²) in [6.07, 6.45) is 3.10. The smallest absolute Gasteiger partial charge is 0.211 e. The normalized spacial score (nSPS) is 18.3. The lowest BCUT2D eigenvalue weighted by molar-refractivity contribution is 0.388. The van der Waals surface area contributed by atoms with Gasteiger partial charge in [0.1, 0.15) is 0 Å². The zero-order chi connectivity index (χ0) is 15.0. The predicted molar refractivity (Wildman–Crippen MR) is 81.6 cm³/mol. The van der Waals surface area contributed by atoms with Crippen LogP contribution in [-0.4, -0.2) is 50.1 Å². The highest BCUT2D eigenvalue weighted by Gasteiger charge is 2.24. The Morgan fingerprint density at radius 2 is 1.75 bits per heavy atom. The maximum Gasteiger partial charge on any atom is 0.211 e. The van der Waals surface area contributed by atoms with E-state index in [1.54, 1.807) is 0 Å². The van der Waals surface area contributed by atoms with Crippen LogP contribution in [0.5, 0.6) is 0 Å². The van der Waals surface area contributed by atoms with Crippen molar-refractivity contribution in [3.8, 4) is 0 Å². The van der Waals surface area contributed by atoms with Crippen molar-refractivity contribution < 1.29 is 8.42 Å². The van der Waals surface area contributed by atoms with Gasteiger partial charge in [-0.3, -0.25) is 4.98 Å². The fraction of sp³-hybridized carbons (Fsp3) is 0.643. The summed E-state index contributed by atoms with van der Waals surface area (Å²) >= 11 is 0. The number of sulfonamides is 1. The van der Waals surface area contributed by atoms with Crippen LogP contribution in [0.25, 0.3) is 0 Å². The molecule has 6 heteroatoms. The minimum Gasteiger partial charge on any atom is -0.369 e. The molecule has 0 atom stereocenters. The van der Waals surface area contributed by atoms with E-state index < -0.39 is 10.0 Å². The van der Waals surface area contributed by atoms with Crippen molar-refractivity contribution in [2.45, 2.75) is 26.2 Å². The Labute approximate surface area is 121 Å². The molecule has 0 aromatic carbocycles. The average Bonchev–Trinajstić information content (AvgIpc) is 2.37. The van der Waals surface area contributed by atoms with Crippen molar-refractivity contribution in [1.29, 1.82) is 0 Å². The molecule has 5 nitrogen and oxygen atoms in total. The Morgan fingerprint density at radius 1 is 1.15 bits per heavy atom. The largest absolute Gasteiger partial charge is 0.369 e. The third kappa shape index (κ3) is 3.49. The van der Waals surface area contributed by atoms with Gasteiger partial charge in [0.05, 0.1) is 6.26 Å². The monoisotopic (exact) mass is 297 g/mol. The average molecular weight is 297 g/mol. The van der Waals surface area contributed by atoms with E-state index in [0.29, 0.717) is 13.1 Å². The molecule has 1 aromatic rings. The summed E-state index contributed by atoms with van der Waals surface area (Å²) in [7, 11) is -3.07. The van der Waals surface area contributed by atoms with E-state index in [9.17, 15) is 8.42 Å². The number of hydrogen-bond acceptors (Lipinski definition) is 4. The van der Waals surface area contributed by atoms with E-state index in [2.05, 4.69) is 36.7 Å². The second kappa shape index (κ2) is 5.33. The van der Waals surface area contributed by atoms with Gasteiger partial charge in [-0.05, 0) is 12.1 Å². The van der Waals surface area contributed by atoms with Crippen LogP contribution in [0.1, 0.15) is 26.5 Å². The van der Waals surface area contributed by atoms with Crippen molar-refractivity contribution in [3.05, 3.63) is 24.0 Å². The van der Waals surface area contributed by atoms with Crippen LogP contribution in [-0.2, 0) is 15.4 Å². The number of aromatic nitrogens is 1. The number of pyridine rings is 1. The Hall–Kier alpha value is -1.14. The van der Waals surface area contributed by atoms with Crippen LogP contribution in [0.15, 0.2) is 18.3 Å². The third-order valence-corrected chi connectivity index (χ3v) is 4.89. The molecule has 0 aliphatic carbocycles. The standard InChI is InChI=1S/C14H23N3O2S/c1-14(2,3)13-11-12(5-6-15-13)16-7-9-17(10-8-16)20(4,18)19/h5-6,11H,7-10H2,1-4H3. The SMILES string of the molecule is CC(C)(C)c1cc(N2CCN(S(C)(=O)=O)CC2)ccn1. The third-order valence-electron chi connectivity index (χ3n) is 3.58. The number of rotatable bonds is 2. The lowest BCUT2D eigenvalue weighted by Gasteiger charge is -2.35. The molecule has 1 aromatic heterocycles. The summed E-state index contributed by atoms with van der Waals surface area (Å²) < 4.78 is 24.6. The van der Waals surface area contributed by atoms with Crippen molar-refractivity contribution in [2.24, 2.45) is 0 Å². The van der Waals surface area contributed by atoms with Gasteiger partial charge in [0.15, 0.2) is 0 Å². The Morgan fingerprint density at radius 3 is 2.25 bits per heavy atom. The van der Waals surface area contributed by atoms with Gasteiger partial charge in [0, 0.05) is 49.2 Å². The summed E-state index contributed by atoms with van der Waals surface area (Å²) in [6.45, 7) is 8.96. The molecular formula is C14H23N3O2S. The number of nitrogens with zero attached hydrogens (tertiary/aromatic N) is 3. The molecule has 1 saturated heterocycles. The molecule has 112 valence electrons. The summed E-state index contributed by atoms with van der Waals surface area (Å²) in [5, 5.41) is 0. The highest BCUT2D eigenvalue weighted by Crippen LogP contribution is 2.25. The minimum absolute atomic E-state index is 0.0184. The Bertz CT molecular complexity index is 570. The van der Waals surface area contributed by atoms with Crippen molar-refractivity contribution in [1.82, 2.24) is 9.29 Å². The van der Waals surface area contributed by atoms with Crippen LogP contribution in [0.2, 0.25) is 0 Å². The first-order valence-corrected chi connectivity index (χ1v) is 8.69. The maximum atomic E-state index is 11.5. The summed E-state index contributed by atoms with van der Waals surface area (Å²) in [5.74, 6) is 0. The summed E-state index contributed by atoms with van der Waals surface area (Å²) in [5.41, 5.74) is 2.20. The van der Waals surface area contributed by atoms with Crippen molar-refractivity contribution in [3.63, 3.8) is 0 Å². The molecule has 0 radical (unpaired) electrons. The molecule has 1 aliphatic heterocycles. The van der Waals surface area contributed by atoms with Crippen molar-refractivity contribution in [2.75, 3.05) is 37.3 Å². The van der Waals surface area contributed by atoms with E-state index >= 15 is 0 Å². The first-order valence-electron chi connectivity index (χ1n) is 6.84. The lowest BCUT2D eigenvalue weighted by atomic mass is 9.91. The molecule has 0 N–H and O–H groups in total. The minimum atomic E-state index is -3.07. The van der Waals surface area contributed by atoms with Gasteiger partial charge in [-0.15, -0.1) is 0 Å². The summed E-state index contributed by atoms with van der Waals surface area (Å²) in [6, 6.07) is 4.10. The molecule has 0 amide bonds. The van der Waals surface area contributed by atoms with Gasteiger partial charge in [0.2, 0.25) is 10.0 Å². The lowest BCUT2D eigenvalue weighted by Crippen LogP contribution is -2.48. The molecule has 20 heavy (non-hydrogen) atoms. The van der Waals surface area contributed by atoms with E-state index in [4.69, 9.17) is 0 Å². The molecule has 1 aliphatic rings. The fourth-order valence-electron chi connectivity index (χ4n) is 2.30. The first kappa shape index (κ1) is 15.3.